The van der Waals surface area contributed by atoms with Gasteiger partial charge in [-0.2, -0.15) is 0 Å². The maximum absolute atomic E-state index is 15.7. The smallest absolute Gasteiger partial charge is 0.151 e. The van der Waals surface area contributed by atoms with Gasteiger partial charge < -0.3 is 0 Å². The highest BCUT2D eigenvalue weighted by Gasteiger charge is 2.73. The summed E-state index contributed by atoms with van der Waals surface area (Å²) in [6, 6.07) is 8.62. The van der Waals surface area contributed by atoms with E-state index in [9.17, 15) is 4.79 Å². The molecule has 3 aliphatic carbocycles. The normalized spacial score (nSPS) is 35.2. The van der Waals surface area contributed by atoms with Crippen molar-refractivity contribution in [2.45, 2.75) is 83.2 Å². The van der Waals surface area contributed by atoms with E-state index < -0.39 is 17.0 Å². The van der Waals surface area contributed by atoms with Gasteiger partial charge in [-0.3, -0.25) is 4.79 Å². The van der Waals surface area contributed by atoms with E-state index >= 15 is 4.39 Å². The Balaban J connectivity index is 1.68. The van der Waals surface area contributed by atoms with Gasteiger partial charge in [0.25, 0.3) is 0 Å². The molecule has 0 N–H and O–H groups in total. The number of hydrogen-bond donors (Lipinski definition) is 0. The van der Waals surface area contributed by atoms with Crippen molar-refractivity contribution in [3.05, 3.63) is 35.4 Å². The summed E-state index contributed by atoms with van der Waals surface area (Å²) in [7, 11) is 0. The van der Waals surface area contributed by atoms with Gasteiger partial charge in [-0.05, 0) is 49.1 Å². The fourth-order valence-electron chi connectivity index (χ4n) is 5.99. The number of ketones is 1. The first kappa shape index (κ1) is 16.3. The Labute approximate surface area is 145 Å². The van der Waals surface area contributed by atoms with Crippen LogP contribution in [0.5, 0.6) is 0 Å². The Morgan fingerprint density at radius 3 is 2.29 bits per heavy atom. The minimum Gasteiger partial charge on any atom is -0.298 e. The topological polar surface area (TPSA) is 17.1 Å². The molecule has 3 aliphatic rings. The van der Waals surface area contributed by atoms with E-state index in [2.05, 4.69) is 31.2 Å². The molecular formula is C22H29FO. The molecule has 130 valence electrons. The van der Waals surface area contributed by atoms with Crippen LogP contribution in [-0.4, -0.2) is 12.0 Å². The van der Waals surface area contributed by atoms with Crippen LogP contribution in [0.3, 0.4) is 0 Å². The monoisotopic (exact) mass is 328 g/mol. The maximum atomic E-state index is 15.7. The van der Waals surface area contributed by atoms with Gasteiger partial charge in [0.05, 0.1) is 10.8 Å². The summed E-state index contributed by atoms with van der Waals surface area (Å²) in [6.07, 6.45) is 8.74. The molecule has 24 heavy (non-hydrogen) atoms. The highest BCUT2D eigenvalue weighted by atomic mass is 19.1. The molecule has 1 aromatic carbocycles. The van der Waals surface area contributed by atoms with E-state index in [4.69, 9.17) is 0 Å². The van der Waals surface area contributed by atoms with Crippen LogP contribution in [0, 0.1) is 10.8 Å². The third kappa shape index (κ3) is 2.07. The number of benzene rings is 1. The van der Waals surface area contributed by atoms with Crippen molar-refractivity contribution in [1.82, 2.24) is 0 Å². The highest BCUT2D eigenvalue weighted by Crippen LogP contribution is 2.68. The van der Waals surface area contributed by atoms with Crippen molar-refractivity contribution < 1.29 is 9.18 Å². The molecule has 0 radical (unpaired) electrons. The number of halogens is 1. The minimum absolute atomic E-state index is 0.0900. The molecule has 0 amide bonds. The van der Waals surface area contributed by atoms with Gasteiger partial charge in [-0.15, -0.1) is 0 Å². The van der Waals surface area contributed by atoms with Crippen LogP contribution in [0.25, 0.3) is 0 Å². The summed E-state index contributed by atoms with van der Waals surface area (Å²) >= 11 is 0. The molecule has 4 rings (SSSR count). The van der Waals surface area contributed by atoms with Gasteiger partial charge in [-0.1, -0.05) is 63.3 Å². The second-order valence-electron chi connectivity index (χ2n) is 8.34. The van der Waals surface area contributed by atoms with E-state index in [1.165, 1.54) is 11.1 Å². The number of Topliss-reactive ketones (excluding diaryl/α,β-unsaturated/α-hetero) is 1. The molecular weight excluding hydrogens is 299 g/mol. The van der Waals surface area contributed by atoms with Crippen molar-refractivity contribution in [3.8, 4) is 0 Å². The molecule has 2 heteroatoms. The average molecular weight is 328 g/mol. The molecule has 1 nitrogen and oxygen atoms in total. The largest absolute Gasteiger partial charge is 0.298 e. The number of alkyl halides is 1. The Bertz CT molecular complexity index is 613. The maximum Gasteiger partial charge on any atom is 0.151 e. The molecule has 3 saturated carbocycles. The Hall–Kier alpha value is -1.18. The number of rotatable bonds is 2. The molecule has 0 saturated heterocycles. The van der Waals surface area contributed by atoms with E-state index in [-0.39, 0.29) is 11.7 Å². The van der Waals surface area contributed by atoms with Crippen LogP contribution in [-0.2, 0) is 11.2 Å². The Morgan fingerprint density at radius 2 is 1.67 bits per heavy atom. The van der Waals surface area contributed by atoms with Crippen molar-refractivity contribution in [2.24, 2.45) is 10.8 Å². The lowest BCUT2D eigenvalue weighted by Gasteiger charge is -2.63. The van der Waals surface area contributed by atoms with Crippen LogP contribution in [0.15, 0.2) is 24.3 Å². The fourth-order valence-corrected chi connectivity index (χ4v) is 5.99. The lowest BCUT2D eigenvalue weighted by Crippen LogP contribution is -2.70. The van der Waals surface area contributed by atoms with Crippen LogP contribution in [0.4, 0.5) is 4.39 Å². The Kier molecular flexibility index (Phi) is 4.05. The van der Waals surface area contributed by atoms with Crippen LogP contribution in [0.2, 0.25) is 0 Å². The fraction of sp³-hybridized carbons (Fsp3) is 0.682. The van der Waals surface area contributed by atoms with Crippen LogP contribution < -0.4 is 0 Å². The standard InChI is InChI=1S/C22H29FO/c1-2-16-9-11-17(12-10-16)18-8-4-7-15-22(18)19(23)21(20(22)24)13-5-3-6-14-21/h9-12,18-19H,2-8,13-15H2,1H3. The van der Waals surface area contributed by atoms with Gasteiger partial charge >= 0.3 is 0 Å². The van der Waals surface area contributed by atoms with Crippen molar-refractivity contribution in [2.75, 3.05) is 0 Å². The lowest BCUT2D eigenvalue weighted by atomic mass is 9.39. The highest BCUT2D eigenvalue weighted by molar-refractivity contribution is 5.99. The third-order valence-corrected chi connectivity index (χ3v) is 7.30. The molecule has 2 spiro atoms. The predicted molar refractivity (Wildman–Crippen MR) is 94.9 cm³/mol. The number of carbonyl (C=O) groups is 1. The van der Waals surface area contributed by atoms with Gasteiger partial charge in [0.15, 0.2) is 5.78 Å². The SMILES string of the molecule is CCc1ccc(C2CCCCC23C(=O)C2(CCCCC2)C3F)cc1. The summed E-state index contributed by atoms with van der Waals surface area (Å²) in [4.78, 5) is 13.4. The van der Waals surface area contributed by atoms with Gasteiger partial charge in [0, 0.05) is 0 Å². The molecule has 0 bridgehead atoms. The summed E-state index contributed by atoms with van der Waals surface area (Å²) in [6.45, 7) is 2.15. The molecule has 1 aromatic rings. The second kappa shape index (κ2) is 5.97. The predicted octanol–water partition coefficient (Wildman–Crippen LogP) is 5.76. The molecule has 0 heterocycles. The number of aryl methyl sites for hydroxylation is 1. The summed E-state index contributed by atoms with van der Waals surface area (Å²) in [5.74, 6) is 0.374. The first-order valence-corrected chi connectivity index (χ1v) is 9.93. The minimum atomic E-state index is -0.922. The molecule has 0 aromatic heterocycles. The second-order valence-corrected chi connectivity index (χ2v) is 8.34. The first-order chi connectivity index (χ1) is 11.6. The van der Waals surface area contributed by atoms with Crippen molar-refractivity contribution in [1.29, 1.82) is 0 Å². The zero-order valence-corrected chi connectivity index (χ0v) is 14.8. The van der Waals surface area contributed by atoms with E-state index in [0.29, 0.717) is 0 Å². The zero-order valence-electron chi connectivity index (χ0n) is 14.8. The van der Waals surface area contributed by atoms with E-state index in [0.717, 1.165) is 64.2 Å². The summed E-state index contributed by atoms with van der Waals surface area (Å²) in [5.41, 5.74) is 1.18. The number of carbonyl (C=O) groups excluding carboxylic acids is 1. The lowest BCUT2D eigenvalue weighted by molar-refractivity contribution is -0.194. The average Bonchev–Trinajstić information content (AvgIpc) is 2.67. The van der Waals surface area contributed by atoms with E-state index in [1.54, 1.807) is 0 Å². The van der Waals surface area contributed by atoms with Crippen LogP contribution >= 0.6 is 0 Å². The number of hydrogen-bond acceptors (Lipinski definition) is 1. The molecule has 0 aliphatic heterocycles. The van der Waals surface area contributed by atoms with E-state index in [1.807, 2.05) is 0 Å². The Morgan fingerprint density at radius 1 is 1.00 bits per heavy atom. The molecule has 3 fully saturated rings. The van der Waals surface area contributed by atoms with Gasteiger partial charge in [0.2, 0.25) is 0 Å². The van der Waals surface area contributed by atoms with Crippen LogP contribution in [0.1, 0.15) is 81.8 Å². The zero-order chi connectivity index (χ0) is 16.8. The quantitative estimate of drug-likeness (QED) is 0.674. The van der Waals surface area contributed by atoms with Gasteiger partial charge in [0.1, 0.15) is 6.17 Å². The molecule has 3 atom stereocenters. The summed E-state index contributed by atoms with van der Waals surface area (Å²) in [5, 5.41) is 0. The molecule has 3 unspecified atom stereocenters. The first-order valence-electron chi connectivity index (χ1n) is 9.93. The van der Waals surface area contributed by atoms with Crippen molar-refractivity contribution in [3.63, 3.8) is 0 Å². The van der Waals surface area contributed by atoms with Gasteiger partial charge in [-0.25, -0.2) is 4.39 Å². The summed E-state index contributed by atoms with van der Waals surface area (Å²) < 4.78 is 15.7. The third-order valence-electron chi connectivity index (χ3n) is 7.30. The van der Waals surface area contributed by atoms with Crippen molar-refractivity contribution >= 4 is 5.78 Å².